The summed E-state index contributed by atoms with van der Waals surface area (Å²) in [6.07, 6.45) is 5.42. The van der Waals surface area contributed by atoms with E-state index < -0.39 is 10.2 Å². The van der Waals surface area contributed by atoms with Crippen LogP contribution in [0.15, 0.2) is 48.8 Å². The predicted molar refractivity (Wildman–Crippen MR) is 109 cm³/mol. The quantitative estimate of drug-likeness (QED) is 0.802. The molecule has 0 aliphatic carbocycles. The van der Waals surface area contributed by atoms with Gasteiger partial charge in [-0.3, -0.25) is 9.78 Å². The van der Waals surface area contributed by atoms with Gasteiger partial charge in [-0.05, 0) is 54.7 Å². The smallest absolute Gasteiger partial charge is 0.281 e. The van der Waals surface area contributed by atoms with Gasteiger partial charge in [-0.2, -0.15) is 17.0 Å². The Morgan fingerprint density at radius 3 is 2.21 bits per heavy atom. The highest BCUT2D eigenvalue weighted by Gasteiger charge is 2.32. The van der Waals surface area contributed by atoms with Gasteiger partial charge in [0.15, 0.2) is 0 Å². The molecule has 8 heteroatoms. The molecule has 0 radical (unpaired) electrons. The van der Waals surface area contributed by atoms with Crippen LogP contribution in [0.25, 0.3) is 0 Å². The standard InChI is InChI=1S/C20H26N4O3S/c1-23(2)28(26,27)24-13-9-18(10-14-24)20(25)22-19-5-3-16(4-6-19)15-17-7-11-21-12-8-17/h3-8,11-12,18H,9-10,13-15H2,1-2H3,(H,22,25). The number of piperidine rings is 1. The van der Waals surface area contributed by atoms with E-state index in [1.165, 1.54) is 28.3 Å². The van der Waals surface area contributed by atoms with Crippen LogP contribution in [0.4, 0.5) is 5.69 Å². The third-order valence-corrected chi connectivity index (χ3v) is 6.93. The number of amides is 1. The monoisotopic (exact) mass is 402 g/mol. The van der Waals surface area contributed by atoms with E-state index in [1.54, 1.807) is 12.4 Å². The highest BCUT2D eigenvalue weighted by Crippen LogP contribution is 2.22. The van der Waals surface area contributed by atoms with Crippen LogP contribution in [-0.4, -0.2) is 55.1 Å². The van der Waals surface area contributed by atoms with Crippen molar-refractivity contribution in [2.75, 3.05) is 32.5 Å². The van der Waals surface area contributed by atoms with Crippen LogP contribution in [0.2, 0.25) is 0 Å². The molecule has 1 amide bonds. The van der Waals surface area contributed by atoms with Gasteiger partial charge in [-0.15, -0.1) is 0 Å². The van der Waals surface area contributed by atoms with Crippen LogP contribution < -0.4 is 5.32 Å². The lowest BCUT2D eigenvalue weighted by Gasteiger charge is -2.32. The highest BCUT2D eigenvalue weighted by molar-refractivity contribution is 7.86. The zero-order valence-electron chi connectivity index (χ0n) is 16.2. The zero-order chi connectivity index (χ0) is 20.1. The first-order valence-electron chi connectivity index (χ1n) is 9.32. The maximum Gasteiger partial charge on any atom is 0.281 e. The Bertz CT molecular complexity index is 891. The van der Waals surface area contributed by atoms with E-state index in [0.717, 1.165) is 17.7 Å². The van der Waals surface area contributed by atoms with Crippen LogP contribution in [-0.2, 0) is 21.4 Å². The molecular formula is C20H26N4O3S. The average molecular weight is 403 g/mol. The molecule has 150 valence electrons. The van der Waals surface area contributed by atoms with E-state index in [9.17, 15) is 13.2 Å². The van der Waals surface area contributed by atoms with Gasteiger partial charge in [0.2, 0.25) is 5.91 Å². The number of aromatic nitrogens is 1. The molecular weight excluding hydrogens is 376 g/mol. The fraction of sp³-hybridized carbons (Fsp3) is 0.400. The van der Waals surface area contributed by atoms with Gasteiger partial charge < -0.3 is 5.32 Å². The van der Waals surface area contributed by atoms with Crippen LogP contribution in [0, 0.1) is 5.92 Å². The molecule has 1 saturated heterocycles. The molecule has 2 aromatic rings. The SMILES string of the molecule is CN(C)S(=O)(=O)N1CCC(C(=O)Nc2ccc(Cc3ccncc3)cc2)CC1. The lowest BCUT2D eigenvalue weighted by atomic mass is 9.97. The predicted octanol–water partition coefficient (Wildman–Crippen LogP) is 2.13. The van der Waals surface area contributed by atoms with Crippen molar-refractivity contribution < 1.29 is 13.2 Å². The Morgan fingerprint density at radius 2 is 1.64 bits per heavy atom. The first kappa shape index (κ1) is 20.4. The topological polar surface area (TPSA) is 82.6 Å². The maximum absolute atomic E-state index is 12.5. The number of nitrogens with zero attached hydrogens (tertiary/aromatic N) is 3. The normalized spacial score (nSPS) is 16.2. The van der Waals surface area contributed by atoms with Gasteiger partial charge in [0.1, 0.15) is 0 Å². The lowest BCUT2D eigenvalue weighted by Crippen LogP contribution is -2.46. The van der Waals surface area contributed by atoms with Crippen molar-refractivity contribution in [2.45, 2.75) is 19.3 Å². The van der Waals surface area contributed by atoms with Crippen molar-refractivity contribution in [1.82, 2.24) is 13.6 Å². The summed E-state index contributed by atoms with van der Waals surface area (Å²) < 4.78 is 27.0. The van der Waals surface area contributed by atoms with E-state index >= 15 is 0 Å². The molecule has 7 nitrogen and oxygen atoms in total. The molecule has 1 aromatic heterocycles. The molecule has 28 heavy (non-hydrogen) atoms. The largest absolute Gasteiger partial charge is 0.326 e. The number of hydrogen-bond acceptors (Lipinski definition) is 4. The Kier molecular flexibility index (Phi) is 6.43. The fourth-order valence-electron chi connectivity index (χ4n) is 3.27. The number of carbonyl (C=O) groups excluding carboxylic acids is 1. The summed E-state index contributed by atoms with van der Waals surface area (Å²) in [5.74, 6) is -0.228. The molecule has 0 spiro atoms. The number of benzene rings is 1. The van der Waals surface area contributed by atoms with Crippen molar-refractivity contribution in [3.8, 4) is 0 Å². The Morgan fingerprint density at radius 1 is 1.07 bits per heavy atom. The molecule has 3 rings (SSSR count). The van der Waals surface area contributed by atoms with Gasteiger partial charge in [0, 0.05) is 51.2 Å². The van der Waals surface area contributed by atoms with Crippen LogP contribution in [0.3, 0.4) is 0 Å². The van der Waals surface area contributed by atoms with E-state index in [-0.39, 0.29) is 11.8 Å². The van der Waals surface area contributed by atoms with Gasteiger partial charge in [0.25, 0.3) is 10.2 Å². The molecule has 1 N–H and O–H groups in total. The molecule has 0 saturated carbocycles. The third-order valence-electron chi connectivity index (χ3n) is 4.99. The van der Waals surface area contributed by atoms with Crippen molar-refractivity contribution in [3.63, 3.8) is 0 Å². The van der Waals surface area contributed by atoms with Gasteiger partial charge in [-0.1, -0.05) is 12.1 Å². The average Bonchev–Trinajstić information content (AvgIpc) is 2.70. The molecule has 1 aromatic carbocycles. The molecule has 0 bridgehead atoms. The van der Waals surface area contributed by atoms with E-state index in [4.69, 9.17) is 0 Å². The highest BCUT2D eigenvalue weighted by atomic mass is 32.2. The summed E-state index contributed by atoms with van der Waals surface area (Å²) in [6, 6.07) is 11.8. The summed E-state index contributed by atoms with van der Waals surface area (Å²) in [5.41, 5.74) is 3.10. The summed E-state index contributed by atoms with van der Waals surface area (Å²) >= 11 is 0. The Labute approximate surface area is 166 Å². The Hall–Kier alpha value is -2.29. The van der Waals surface area contributed by atoms with Crippen molar-refractivity contribution in [2.24, 2.45) is 5.92 Å². The maximum atomic E-state index is 12.5. The molecule has 2 heterocycles. The van der Waals surface area contributed by atoms with E-state index in [2.05, 4.69) is 10.3 Å². The fourth-order valence-corrected chi connectivity index (χ4v) is 4.40. The summed E-state index contributed by atoms with van der Waals surface area (Å²) in [4.78, 5) is 16.6. The summed E-state index contributed by atoms with van der Waals surface area (Å²) in [7, 11) is -0.367. The molecule has 1 aliphatic rings. The van der Waals surface area contributed by atoms with Gasteiger partial charge >= 0.3 is 0 Å². The van der Waals surface area contributed by atoms with Crippen molar-refractivity contribution in [3.05, 3.63) is 59.9 Å². The first-order chi connectivity index (χ1) is 13.4. The number of carbonyl (C=O) groups is 1. The Balaban J connectivity index is 1.53. The van der Waals surface area contributed by atoms with Crippen molar-refractivity contribution in [1.29, 1.82) is 0 Å². The number of rotatable bonds is 6. The second kappa shape index (κ2) is 8.81. The molecule has 0 unspecified atom stereocenters. The minimum absolute atomic E-state index is 0.0521. The minimum Gasteiger partial charge on any atom is -0.326 e. The second-order valence-corrected chi connectivity index (χ2v) is 9.32. The molecule has 1 fully saturated rings. The van der Waals surface area contributed by atoms with Crippen LogP contribution in [0.1, 0.15) is 24.0 Å². The second-order valence-electron chi connectivity index (χ2n) is 7.18. The number of hydrogen-bond donors (Lipinski definition) is 1. The molecule has 0 atom stereocenters. The minimum atomic E-state index is -3.41. The van der Waals surface area contributed by atoms with E-state index in [1.807, 2.05) is 36.4 Å². The zero-order valence-corrected chi connectivity index (χ0v) is 17.0. The number of anilines is 1. The lowest BCUT2D eigenvalue weighted by molar-refractivity contribution is -0.120. The van der Waals surface area contributed by atoms with Crippen LogP contribution >= 0.6 is 0 Å². The van der Waals surface area contributed by atoms with Crippen molar-refractivity contribution >= 4 is 21.8 Å². The molecule has 1 aliphatic heterocycles. The first-order valence-corrected chi connectivity index (χ1v) is 10.7. The summed E-state index contributed by atoms with van der Waals surface area (Å²) in [5, 5.41) is 2.95. The van der Waals surface area contributed by atoms with Crippen LogP contribution in [0.5, 0.6) is 0 Å². The number of nitrogens with one attached hydrogen (secondary N) is 1. The van der Waals surface area contributed by atoms with E-state index in [0.29, 0.717) is 25.9 Å². The third kappa shape index (κ3) is 4.95. The van der Waals surface area contributed by atoms with Gasteiger partial charge in [-0.25, -0.2) is 0 Å². The summed E-state index contributed by atoms with van der Waals surface area (Å²) in [6.45, 7) is 0.729. The number of pyridine rings is 1. The van der Waals surface area contributed by atoms with Gasteiger partial charge in [0.05, 0.1) is 0 Å².